The van der Waals surface area contributed by atoms with Gasteiger partial charge in [-0.05, 0) is 51.2 Å². The Balaban J connectivity index is 2.08. The van der Waals surface area contributed by atoms with Crippen molar-refractivity contribution in [2.24, 2.45) is 0 Å². The van der Waals surface area contributed by atoms with Crippen molar-refractivity contribution in [3.63, 3.8) is 0 Å². The molecule has 1 aromatic heterocycles. The van der Waals surface area contributed by atoms with Crippen molar-refractivity contribution >= 4 is 16.7 Å². The summed E-state index contributed by atoms with van der Waals surface area (Å²) in [6, 6.07) is 5.85. The Bertz CT molecular complexity index is 619. The maximum Gasteiger partial charge on any atom is 0.326 e. The summed E-state index contributed by atoms with van der Waals surface area (Å²) in [4.78, 5) is 17.3. The average molecular weight is 246 g/mol. The lowest BCUT2D eigenvalue weighted by molar-refractivity contribution is 0.221. The number of hydrogen-bond donors (Lipinski definition) is 2. The molecule has 0 bridgehead atoms. The fourth-order valence-electron chi connectivity index (χ4n) is 2.75. The maximum atomic E-state index is 12.1. The van der Waals surface area contributed by atoms with Crippen molar-refractivity contribution in [2.75, 3.05) is 25.9 Å². The summed E-state index contributed by atoms with van der Waals surface area (Å²) in [6.07, 6.45) is 2.02. The smallest absolute Gasteiger partial charge is 0.326 e. The molecule has 2 aromatic rings. The molecule has 0 unspecified atom stereocenters. The standard InChI is InChI=1S/C13H18N4O/c1-16-6-4-10(5-7-16)17-12-8-9(14)2-3-11(12)15-13(17)18/h2-3,8,10H,4-7,14H2,1H3,(H,15,18). The van der Waals surface area contributed by atoms with Crippen molar-refractivity contribution in [2.45, 2.75) is 18.9 Å². The topological polar surface area (TPSA) is 67.0 Å². The number of nitrogens with two attached hydrogens (primary N) is 1. The first kappa shape index (κ1) is 11.3. The van der Waals surface area contributed by atoms with E-state index in [0.29, 0.717) is 5.69 Å². The van der Waals surface area contributed by atoms with Crippen LogP contribution in [0.4, 0.5) is 5.69 Å². The van der Waals surface area contributed by atoms with E-state index < -0.39 is 0 Å². The number of hydrogen-bond acceptors (Lipinski definition) is 3. The molecule has 5 heteroatoms. The van der Waals surface area contributed by atoms with Gasteiger partial charge in [0.25, 0.3) is 0 Å². The van der Waals surface area contributed by atoms with Gasteiger partial charge in [-0.3, -0.25) is 4.57 Å². The number of imidazole rings is 1. The molecule has 0 amide bonds. The van der Waals surface area contributed by atoms with Gasteiger partial charge in [-0.25, -0.2) is 4.79 Å². The van der Waals surface area contributed by atoms with Crippen LogP contribution in [0.5, 0.6) is 0 Å². The lowest BCUT2D eigenvalue weighted by atomic mass is 10.1. The van der Waals surface area contributed by atoms with Gasteiger partial charge >= 0.3 is 5.69 Å². The Labute approximate surface area is 105 Å². The first-order valence-corrected chi connectivity index (χ1v) is 6.33. The molecule has 96 valence electrons. The summed E-state index contributed by atoms with van der Waals surface area (Å²) in [5.74, 6) is 0. The van der Waals surface area contributed by atoms with Crippen LogP contribution in [-0.4, -0.2) is 34.6 Å². The highest BCUT2D eigenvalue weighted by Gasteiger charge is 2.21. The van der Waals surface area contributed by atoms with E-state index in [1.807, 2.05) is 22.8 Å². The number of aromatic amines is 1. The zero-order chi connectivity index (χ0) is 12.7. The van der Waals surface area contributed by atoms with E-state index >= 15 is 0 Å². The third kappa shape index (κ3) is 1.80. The first-order valence-electron chi connectivity index (χ1n) is 6.33. The van der Waals surface area contributed by atoms with Gasteiger partial charge in [0, 0.05) is 11.7 Å². The number of nitrogens with one attached hydrogen (secondary N) is 1. The highest BCUT2D eigenvalue weighted by molar-refractivity contribution is 5.79. The summed E-state index contributed by atoms with van der Waals surface area (Å²) in [5, 5.41) is 0. The minimum atomic E-state index is -0.0230. The second kappa shape index (κ2) is 4.17. The number of H-pyrrole nitrogens is 1. The van der Waals surface area contributed by atoms with Gasteiger partial charge in [-0.2, -0.15) is 0 Å². The van der Waals surface area contributed by atoms with E-state index in [1.165, 1.54) is 0 Å². The molecule has 0 spiro atoms. The van der Waals surface area contributed by atoms with Crippen LogP contribution in [0, 0.1) is 0 Å². The SMILES string of the molecule is CN1CCC(n2c(=O)[nH]c3ccc(N)cc32)CC1. The van der Waals surface area contributed by atoms with Crippen molar-refractivity contribution in [1.82, 2.24) is 14.5 Å². The van der Waals surface area contributed by atoms with Gasteiger partial charge in [0.2, 0.25) is 0 Å². The molecule has 18 heavy (non-hydrogen) atoms. The molecule has 2 heterocycles. The van der Waals surface area contributed by atoms with Crippen LogP contribution < -0.4 is 11.4 Å². The first-order chi connectivity index (χ1) is 8.65. The Morgan fingerprint density at radius 3 is 2.78 bits per heavy atom. The van der Waals surface area contributed by atoms with E-state index in [4.69, 9.17) is 5.73 Å². The van der Waals surface area contributed by atoms with Crippen LogP contribution in [0.2, 0.25) is 0 Å². The number of fused-ring (bicyclic) bond motifs is 1. The molecule has 1 fully saturated rings. The van der Waals surface area contributed by atoms with E-state index in [2.05, 4.69) is 16.9 Å². The van der Waals surface area contributed by atoms with E-state index in [-0.39, 0.29) is 11.7 Å². The van der Waals surface area contributed by atoms with Gasteiger partial charge in [0.1, 0.15) is 0 Å². The van der Waals surface area contributed by atoms with Crippen LogP contribution in [0.15, 0.2) is 23.0 Å². The van der Waals surface area contributed by atoms with Crippen LogP contribution in [0.1, 0.15) is 18.9 Å². The molecule has 5 nitrogen and oxygen atoms in total. The molecule has 0 saturated carbocycles. The van der Waals surface area contributed by atoms with E-state index in [9.17, 15) is 4.79 Å². The van der Waals surface area contributed by atoms with E-state index in [0.717, 1.165) is 37.0 Å². The second-order valence-electron chi connectivity index (χ2n) is 5.11. The van der Waals surface area contributed by atoms with Crippen LogP contribution in [0.3, 0.4) is 0 Å². The van der Waals surface area contributed by atoms with Gasteiger partial charge in [-0.15, -0.1) is 0 Å². The molecule has 1 aromatic carbocycles. The fourth-order valence-corrected chi connectivity index (χ4v) is 2.75. The number of benzene rings is 1. The normalized spacial score (nSPS) is 18.5. The summed E-state index contributed by atoms with van der Waals surface area (Å²) < 4.78 is 1.87. The minimum Gasteiger partial charge on any atom is -0.399 e. The Morgan fingerprint density at radius 1 is 1.33 bits per heavy atom. The number of nitrogens with zero attached hydrogens (tertiary/aromatic N) is 2. The van der Waals surface area contributed by atoms with Crippen LogP contribution in [0.25, 0.3) is 11.0 Å². The lowest BCUT2D eigenvalue weighted by Gasteiger charge is -2.29. The summed E-state index contributed by atoms with van der Waals surface area (Å²) >= 11 is 0. The monoisotopic (exact) mass is 246 g/mol. The third-order valence-electron chi connectivity index (χ3n) is 3.79. The molecule has 1 aliphatic heterocycles. The summed E-state index contributed by atoms with van der Waals surface area (Å²) in [7, 11) is 2.12. The molecule has 0 aliphatic carbocycles. The molecular weight excluding hydrogens is 228 g/mol. The largest absolute Gasteiger partial charge is 0.399 e. The zero-order valence-corrected chi connectivity index (χ0v) is 10.5. The Kier molecular flexibility index (Phi) is 2.63. The van der Waals surface area contributed by atoms with Crippen molar-refractivity contribution in [1.29, 1.82) is 0 Å². The summed E-state index contributed by atoms with van der Waals surface area (Å²) in [6.45, 7) is 2.07. The number of rotatable bonds is 1. The molecule has 3 N–H and O–H groups in total. The minimum absolute atomic E-state index is 0.0230. The van der Waals surface area contributed by atoms with Gasteiger partial charge in [-0.1, -0.05) is 0 Å². The maximum absolute atomic E-state index is 12.1. The zero-order valence-electron chi connectivity index (χ0n) is 10.5. The Morgan fingerprint density at radius 2 is 2.06 bits per heavy atom. The molecule has 1 aliphatic rings. The van der Waals surface area contributed by atoms with Crippen molar-refractivity contribution < 1.29 is 0 Å². The molecular formula is C13H18N4O. The van der Waals surface area contributed by atoms with E-state index in [1.54, 1.807) is 0 Å². The van der Waals surface area contributed by atoms with Crippen molar-refractivity contribution in [3.05, 3.63) is 28.7 Å². The van der Waals surface area contributed by atoms with Crippen molar-refractivity contribution in [3.8, 4) is 0 Å². The Hall–Kier alpha value is -1.75. The molecule has 3 rings (SSSR count). The predicted molar refractivity (Wildman–Crippen MR) is 72.7 cm³/mol. The number of likely N-dealkylation sites (tertiary alicyclic amines) is 1. The number of piperidine rings is 1. The quantitative estimate of drug-likeness (QED) is 0.742. The van der Waals surface area contributed by atoms with Crippen LogP contribution >= 0.6 is 0 Å². The third-order valence-corrected chi connectivity index (χ3v) is 3.79. The van der Waals surface area contributed by atoms with Gasteiger partial charge < -0.3 is 15.6 Å². The van der Waals surface area contributed by atoms with Gasteiger partial charge in [0.05, 0.1) is 11.0 Å². The predicted octanol–water partition coefficient (Wildman–Crippen LogP) is 1.18. The molecule has 0 atom stereocenters. The van der Waals surface area contributed by atoms with Gasteiger partial charge in [0.15, 0.2) is 0 Å². The number of nitrogen functional groups attached to an aromatic ring is 1. The summed E-state index contributed by atoms with van der Waals surface area (Å²) in [5.41, 5.74) is 8.28. The second-order valence-corrected chi connectivity index (χ2v) is 5.11. The average Bonchev–Trinajstić information content (AvgIpc) is 2.66. The highest BCUT2D eigenvalue weighted by atomic mass is 16.1. The highest BCUT2D eigenvalue weighted by Crippen LogP contribution is 2.25. The molecule has 0 radical (unpaired) electrons. The fraction of sp³-hybridized carbons (Fsp3) is 0.462. The van der Waals surface area contributed by atoms with Crippen LogP contribution in [-0.2, 0) is 0 Å². The lowest BCUT2D eigenvalue weighted by Crippen LogP contribution is -2.34. The molecule has 1 saturated heterocycles. The number of anilines is 1. The number of aromatic nitrogens is 2.